The number of aromatic nitrogens is 1. The van der Waals surface area contributed by atoms with Gasteiger partial charge >= 0.3 is 0 Å². The first-order valence-corrected chi connectivity index (χ1v) is 7.46. The minimum atomic E-state index is 0.605. The van der Waals surface area contributed by atoms with Gasteiger partial charge in [0.1, 0.15) is 6.26 Å². The van der Waals surface area contributed by atoms with Crippen molar-refractivity contribution in [2.75, 3.05) is 5.32 Å². The molecule has 3 rings (SSSR count). The molecule has 0 saturated heterocycles. The van der Waals surface area contributed by atoms with E-state index in [2.05, 4.69) is 10.3 Å². The van der Waals surface area contributed by atoms with Gasteiger partial charge in [-0.1, -0.05) is 23.7 Å². The molecule has 2 aromatic heterocycles. The van der Waals surface area contributed by atoms with Crippen LogP contribution in [0, 0.1) is 6.92 Å². The molecule has 0 saturated carbocycles. The fourth-order valence-corrected chi connectivity index (χ4v) is 2.63. The van der Waals surface area contributed by atoms with Gasteiger partial charge in [0, 0.05) is 10.7 Å². The molecule has 0 amide bonds. The number of halogens is 1. The Kier molecular flexibility index (Phi) is 3.76. The first-order valence-electron chi connectivity index (χ1n) is 6.21. The molecule has 0 aliphatic heterocycles. The lowest BCUT2D eigenvalue weighted by Gasteiger charge is -2.05. The molecule has 2 heterocycles. The Hall–Kier alpha value is -1.78. The van der Waals surface area contributed by atoms with Gasteiger partial charge in [0.2, 0.25) is 5.89 Å². The van der Waals surface area contributed by atoms with E-state index in [0.717, 1.165) is 26.8 Å². The topological polar surface area (TPSA) is 38.1 Å². The van der Waals surface area contributed by atoms with Crippen molar-refractivity contribution in [3.8, 4) is 10.8 Å². The monoisotopic (exact) mass is 304 g/mol. The predicted molar refractivity (Wildman–Crippen MR) is 83.3 cm³/mol. The predicted octanol–water partition coefficient (Wildman–Crippen LogP) is 4.98. The Morgan fingerprint density at radius 2 is 2.25 bits per heavy atom. The van der Waals surface area contributed by atoms with E-state index >= 15 is 0 Å². The van der Waals surface area contributed by atoms with E-state index in [1.165, 1.54) is 0 Å². The highest BCUT2D eigenvalue weighted by Crippen LogP contribution is 2.24. The van der Waals surface area contributed by atoms with E-state index < -0.39 is 0 Å². The van der Waals surface area contributed by atoms with Crippen LogP contribution in [0.5, 0.6) is 0 Å². The zero-order valence-corrected chi connectivity index (χ0v) is 12.5. The van der Waals surface area contributed by atoms with Gasteiger partial charge in [-0.2, -0.15) is 0 Å². The molecular weight excluding hydrogens is 292 g/mol. The molecule has 1 aromatic carbocycles. The largest absolute Gasteiger partial charge is 0.443 e. The molecule has 0 aliphatic rings. The van der Waals surface area contributed by atoms with E-state index in [4.69, 9.17) is 16.0 Å². The Morgan fingerprint density at radius 1 is 1.35 bits per heavy atom. The summed E-state index contributed by atoms with van der Waals surface area (Å²) in [5.74, 6) is 0.665. The summed E-state index contributed by atoms with van der Waals surface area (Å²) in [5.41, 5.74) is 2.91. The Bertz CT molecular complexity index is 706. The van der Waals surface area contributed by atoms with Crippen LogP contribution >= 0.6 is 22.9 Å². The molecule has 3 nitrogen and oxygen atoms in total. The lowest BCUT2D eigenvalue weighted by Crippen LogP contribution is -1.99. The standard InChI is InChI=1S/C15H13ClN2OS/c1-10-4-5-11(7-13(10)16)17-8-12-9-19-15(18-12)14-3-2-6-20-14/h2-7,9,17H,8H2,1H3. The second kappa shape index (κ2) is 5.69. The lowest BCUT2D eigenvalue weighted by molar-refractivity contribution is 0.574. The SMILES string of the molecule is Cc1ccc(NCc2coc(-c3cccs3)n2)cc1Cl. The number of oxazole rings is 1. The number of nitrogens with one attached hydrogen (secondary N) is 1. The third kappa shape index (κ3) is 2.86. The van der Waals surface area contributed by atoms with Crippen molar-refractivity contribution >= 4 is 28.6 Å². The number of aryl methyl sites for hydroxylation is 1. The summed E-state index contributed by atoms with van der Waals surface area (Å²) >= 11 is 7.71. The van der Waals surface area contributed by atoms with Crippen LogP contribution < -0.4 is 5.32 Å². The summed E-state index contributed by atoms with van der Waals surface area (Å²) in [6.45, 7) is 2.59. The van der Waals surface area contributed by atoms with Crippen LogP contribution in [0.2, 0.25) is 5.02 Å². The maximum Gasteiger partial charge on any atom is 0.236 e. The van der Waals surface area contributed by atoms with E-state index in [0.29, 0.717) is 12.4 Å². The first-order chi connectivity index (χ1) is 9.72. The summed E-state index contributed by atoms with van der Waals surface area (Å²) in [6.07, 6.45) is 1.68. The number of thiophene rings is 1. The molecule has 0 atom stereocenters. The van der Waals surface area contributed by atoms with Crippen LogP contribution in [0.3, 0.4) is 0 Å². The number of nitrogens with zero attached hydrogens (tertiary/aromatic N) is 1. The Morgan fingerprint density at radius 3 is 3.00 bits per heavy atom. The van der Waals surface area contributed by atoms with Crippen molar-refractivity contribution in [2.45, 2.75) is 13.5 Å². The second-order valence-corrected chi connectivity index (χ2v) is 5.79. The third-order valence-electron chi connectivity index (χ3n) is 2.93. The Labute approximate surface area is 126 Å². The minimum absolute atomic E-state index is 0.605. The molecule has 5 heteroatoms. The van der Waals surface area contributed by atoms with Gasteiger partial charge in [0.15, 0.2) is 0 Å². The molecule has 0 radical (unpaired) electrons. The molecular formula is C15H13ClN2OS. The number of hydrogen-bond acceptors (Lipinski definition) is 4. The van der Waals surface area contributed by atoms with E-state index in [1.54, 1.807) is 17.6 Å². The fraction of sp³-hybridized carbons (Fsp3) is 0.133. The number of rotatable bonds is 4. The molecule has 102 valence electrons. The molecule has 0 unspecified atom stereocenters. The molecule has 3 aromatic rings. The van der Waals surface area contributed by atoms with Gasteiger partial charge in [-0.15, -0.1) is 11.3 Å². The smallest absolute Gasteiger partial charge is 0.236 e. The van der Waals surface area contributed by atoms with Gasteiger partial charge in [0.05, 0.1) is 17.1 Å². The number of benzene rings is 1. The lowest BCUT2D eigenvalue weighted by atomic mass is 10.2. The summed E-state index contributed by atoms with van der Waals surface area (Å²) in [6, 6.07) is 9.88. The summed E-state index contributed by atoms with van der Waals surface area (Å²) in [7, 11) is 0. The van der Waals surface area contributed by atoms with Crippen molar-refractivity contribution in [3.05, 3.63) is 58.3 Å². The highest BCUT2D eigenvalue weighted by Gasteiger charge is 2.07. The molecule has 20 heavy (non-hydrogen) atoms. The van der Waals surface area contributed by atoms with E-state index in [-0.39, 0.29) is 0 Å². The molecule has 0 bridgehead atoms. The fourth-order valence-electron chi connectivity index (χ4n) is 1.80. The number of anilines is 1. The van der Waals surface area contributed by atoms with Crippen molar-refractivity contribution < 1.29 is 4.42 Å². The summed E-state index contributed by atoms with van der Waals surface area (Å²) in [5, 5.41) is 6.05. The van der Waals surface area contributed by atoms with Crippen molar-refractivity contribution in [1.82, 2.24) is 4.98 Å². The van der Waals surface area contributed by atoms with E-state index in [9.17, 15) is 0 Å². The zero-order chi connectivity index (χ0) is 13.9. The van der Waals surface area contributed by atoms with Crippen LogP contribution in [0.4, 0.5) is 5.69 Å². The Balaban J connectivity index is 1.68. The van der Waals surface area contributed by atoms with Gasteiger partial charge < -0.3 is 9.73 Å². The molecule has 1 N–H and O–H groups in total. The van der Waals surface area contributed by atoms with Crippen LogP contribution in [0.15, 0.2) is 46.4 Å². The van der Waals surface area contributed by atoms with Crippen molar-refractivity contribution in [2.24, 2.45) is 0 Å². The highest BCUT2D eigenvalue weighted by atomic mass is 35.5. The average molecular weight is 305 g/mol. The zero-order valence-electron chi connectivity index (χ0n) is 10.9. The first kappa shape index (κ1) is 13.2. The van der Waals surface area contributed by atoms with Crippen molar-refractivity contribution in [3.63, 3.8) is 0 Å². The van der Waals surface area contributed by atoms with Gasteiger partial charge in [-0.25, -0.2) is 4.98 Å². The summed E-state index contributed by atoms with van der Waals surface area (Å²) < 4.78 is 5.47. The van der Waals surface area contributed by atoms with E-state index in [1.807, 2.05) is 42.6 Å². The molecule has 0 spiro atoms. The maximum atomic E-state index is 6.09. The van der Waals surface area contributed by atoms with Crippen molar-refractivity contribution in [1.29, 1.82) is 0 Å². The normalized spacial score (nSPS) is 10.7. The van der Waals surface area contributed by atoms with Crippen LogP contribution in [0.25, 0.3) is 10.8 Å². The minimum Gasteiger partial charge on any atom is -0.443 e. The van der Waals surface area contributed by atoms with Crippen LogP contribution in [-0.4, -0.2) is 4.98 Å². The maximum absolute atomic E-state index is 6.09. The third-order valence-corrected chi connectivity index (χ3v) is 4.19. The average Bonchev–Trinajstić information content (AvgIpc) is 3.09. The number of hydrogen-bond donors (Lipinski definition) is 1. The van der Waals surface area contributed by atoms with Crippen LogP contribution in [0.1, 0.15) is 11.3 Å². The molecule has 0 aliphatic carbocycles. The quantitative estimate of drug-likeness (QED) is 0.739. The summed E-state index contributed by atoms with van der Waals surface area (Å²) in [4.78, 5) is 5.49. The highest BCUT2D eigenvalue weighted by molar-refractivity contribution is 7.13. The van der Waals surface area contributed by atoms with Gasteiger partial charge in [0.25, 0.3) is 0 Å². The second-order valence-electron chi connectivity index (χ2n) is 4.44. The van der Waals surface area contributed by atoms with Gasteiger partial charge in [-0.05, 0) is 36.1 Å². The van der Waals surface area contributed by atoms with Crippen LogP contribution in [-0.2, 0) is 6.54 Å². The molecule has 0 fully saturated rings. The van der Waals surface area contributed by atoms with Gasteiger partial charge in [-0.3, -0.25) is 0 Å².